The molecule has 0 fully saturated rings. The van der Waals surface area contributed by atoms with Gasteiger partial charge in [-0.25, -0.2) is 0 Å². The number of phenols is 1. The Kier molecular flexibility index (Phi) is 4.09. The molecule has 0 amide bonds. The number of nitrogens with zero attached hydrogens (tertiary/aromatic N) is 2. The van der Waals surface area contributed by atoms with E-state index in [1.54, 1.807) is 12.1 Å². The molecule has 0 spiro atoms. The van der Waals surface area contributed by atoms with E-state index in [0.29, 0.717) is 10.6 Å². The minimum atomic E-state index is -4.67. The minimum absolute atomic E-state index is 0.102. The second kappa shape index (κ2) is 5.63. The molecular formula is C11H10F3N3O2S. The first-order valence-corrected chi connectivity index (χ1v) is 6.29. The van der Waals surface area contributed by atoms with Crippen molar-refractivity contribution in [2.75, 3.05) is 11.9 Å². The van der Waals surface area contributed by atoms with Crippen LogP contribution in [0.1, 0.15) is 0 Å². The normalized spacial score (nSPS) is 13.2. The molecule has 0 unspecified atom stereocenters. The average Bonchev–Trinajstić information content (AvgIpc) is 2.84. The van der Waals surface area contributed by atoms with E-state index in [1.807, 2.05) is 0 Å². The van der Waals surface area contributed by atoms with Crippen LogP contribution in [0.2, 0.25) is 0 Å². The molecule has 108 valence electrons. The molecule has 0 aliphatic carbocycles. The molecule has 2 aromatic rings. The summed E-state index contributed by atoms with van der Waals surface area (Å²) in [5, 5.41) is 28.5. The maximum Gasteiger partial charge on any atom is 0.416 e. The van der Waals surface area contributed by atoms with E-state index >= 15 is 0 Å². The maximum absolute atomic E-state index is 12.1. The molecule has 1 atom stereocenters. The Labute approximate surface area is 115 Å². The highest BCUT2D eigenvalue weighted by Crippen LogP contribution is 2.28. The predicted octanol–water partition coefficient (Wildman–Crippen LogP) is 2.25. The van der Waals surface area contributed by atoms with Crippen molar-refractivity contribution in [2.24, 2.45) is 0 Å². The highest BCUT2D eigenvalue weighted by Gasteiger charge is 2.38. The van der Waals surface area contributed by atoms with E-state index in [-0.39, 0.29) is 10.9 Å². The van der Waals surface area contributed by atoms with Crippen LogP contribution >= 0.6 is 11.3 Å². The fourth-order valence-electron chi connectivity index (χ4n) is 1.32. The van der Waals surface area contributed by atoms with Crippen LogP contribution in [0, 0.1) is 0 Å². The zero-order valence-corrected chi connectivity index (χ0v) is 10.7. The highest BCUT2D eigenvalue weighted by molar-refractivity contribution is 7.18. The Morgan fingerprint density at radius 1 is 1.20 bits per heavy atom. The van der Waals surface area contributed by atoms with Gasteiger partial charge in [-0.3, -0.25) is 0 Å². The van der Waals surface area contributed by atoms with Crippen molar-refractivity contribution >= 4 is 16.5 Å². The molecule has 1 aromatic carbocycles. The Balaban J connectivity index is 2.01. The minimum Gasteiger partial charge on any atom is -0.508 e. The first-order valence-electron chi connectivity index (χ1n) is 5.48. The average molecular weight is 305 g/mol. The van der Waals surface area contributed by atoms with Crippen LogP contribution in [0.15, 0.2) is 24.3 Å². The van der Waals surface area contributed by atoms with E-state index in [9.17, 15) is 13.2 Å². The first-order chi connectivity index (χ1) is 9.36. The van der Waals surface area contributed by atoms with Crippen molar-refractivity contribution in [2.45, 2.75) is 12.3 Å². The molecule has 1 heterocycles. The molecule has 0 saturated heterocycles. The summed E-state index contributed by atoms with van der Waals surface area (Å²) in [6.07, 6.45) is -7.12. The zero-order chi connectivity index (χ0) is 14.8. The molecule has 5 nitrogen and oxygen atoms in total. The lowest BCUT2D eigenvalue weighted by Gasteiger charge is -2.13. The Morgan fingerprint density at radius 3 is 2.45 bits per heavy atom. The summed E-state index contributed by atoms with van der Waals surface area (Å²) in [5.41, 5.74) is 0.685. The lowest BCUT2D eigenvalue weighted by Crippen LogP contribution is -2.34. The number of halogens is 3. The van der Waals surface area contributed by atoms with Crippen LogP contribution in [0.25, 0.3) is 10.6 Å². The Hall–Kier alpha value is -1.87. The third kappa shape index (κ3) is 3.58. The summed E-state index contributed by atoms with van der Waals surface area (Å²) in [6.45, 7) is -0.687. The van der Waals surface area contributed by atoms with Crippen molar-refractivity contribution in [1.82, 2.24) is 10.2 Å². The summed E-state index contributed by atoms with van der Waals surface area (Å²) in [5.74, 6) is 0.102. The number of aromatic hydroxyl groups is 1. The topological polar surface area (TPSA) is 78.3 Å². The highest BCUT2D eigenvalue weighted by atomic mass is 32.1. The molecule has 0 aliphatic heterocycles. The van der Waals surface area contributed by atoms with E-state index in [2.05, 4.69) is 15.5 Å². The Bertz CT molecular complexity index is 571. The van der Waals surface area contributed by atoms with Gasteiger partial charge in [0.05, 0.1) is 6.54 Å². The van der Waals surface area contributed by atoms with E-state index in [4.69, 9.17) is 10.2 Å². The number of rotatable bonds is 4. The third-order valence-corrected chi connectivity index (χ3v) is 3.29. The van der Waals surface area contributed by atoms with Crippen molar-refractivity contribution in [3.63, 3.8) is 0 Å². The smallest absolute Gasteiger partial charge is 0.416 e. The summed E-state index contributed by atoms with van der Waals surface area (Å²) in [7, 11) is 0. The first kappa shape index (κ1) is 14.5. The SMILES string of the molecule is Oc1ccc(-c2nnc(NC[C@@H](O)C(F)(F)F)s2)cc1. The van der Waals surface area contributed by atoms with Crippen LogP contribution in [0.4, 0.5) is 18.3 Å². The standard InChI is InChI=1S/C11H10F3N3O2S/c12-11(13,14)8(19)5-15-10-17-16-9(20-10)6-1-3-7(18)4-2-6/h1-4,8,18-19H,5H2,(H,15,17)/t8-/m1/s1. The van der Waals surface area contributed by atoms with Crippen molar-refractivity contribution < 1.29 is 23.4 Å². The van der Waals surface area contributed by atoms with Crippen molar-refractivity contribution in [3.8, 4) is 16.3 Å². The van der Waals surface area contributed by atoms with Crippen LogP contribution < -0.4 is 5.32 Å². The summed E-state index contributed by atoms with van der Waals surface area (Å²) < 4.78 is 36.3. The molecule has 0 radical (unpaired) electrons. The van der Waals surface area contributed by atoms with Gasteiger partial charge in [-0.1, -0.05) is 11.3 Å². The van der Waals surface area contributed by atoms with Gasteiger partial charge in [-0.05, 0) is 24.3 Å². The second-order valence-electron chi connectivity index (χ2n) is 3.90. The largest absolute Gasteiger partial charge is 0.508 e. The van der Waals surface area contributed by atoms with Crippen LogP contribution in [0.5, 0.6) is 5.75 Å². The van der Waals surface area contributed by atoms with Crippen LogP contribution in [-0.4, -0.2) is 39.2 Å². The monoisotopic (exact) mass is 305 g/mol. The van der Waals surface area contributed by atoms with Gasteiger partial charge < -0.3 is 15.5 Å². The van der Waals surface area contributed by atoms with Gasteiger partial charge in [-0.15, -0.1) is 10.2 Å². The molecule has 2 rings (SSSR count). The number of hydrogen-bond donors (Lipinski definition) is 3. The van der Waals surface area contributed by atoms with Crippen molar-refractivity contribution in [3.05, 3.63) is 24.3 Å². The second-order valence-corrected chi connectivity index (χ2v) is 4.88. The quantitative estimate of drug-likeness (QED) is 0.807. The lowest BCUT2D eigenvalue weighted by molar-refractivity contribution is -0.198. The number of phenolic OH excluding ortho intramolecular Hbond substituents is 1. The molecule has 0 aliphatic rings. The van der Waals surface area contributed by atoms with Gasteiger partial charge in [0, 0.05) is 5.56 Å². The zero-order valence-electron chi connectivity index (χ0n) is 9.92. The molecule has 20 heavy (non-hydrogen) atoms. The van der Waals surface area contributed by atoms with Gasteiger partial charge in [0.25, 0.3) is 0 Å². The summed E-state index contributed by atoms with van der Waals surface area (Å²) in [6, 6.07) is 6.17. The molecule has 1 aromatic heterocycles. The number of nitrogens with one attached hydrogen (secondary N) is 1. The van der Waals surface area contributed by atoms with E-state index in [0.717, 1.165) is 11.3 Å². The number of benzene rings is 1. The predicted molar refractivity (Wildman–Crippen MR) is 67.6 cm³/mol. The molecule has 0 bridgehead atoms. The van der Waals surface area contributed by atoms with Gasteiger partial charge in [0.1, 0.15) is 10.8 Å². The number of alkyl halides is 3. The molecular weight excluding hydrogens is 295 g/mol. The number of aliphatic hydroxyl groups is 1. The Morgan fingerprint density at radius 2 is 1.85 bits per heavy atom. The van der Waals surface area contributed by atoms with Gasteiger partial charge in [0.15, 0.2) is 6.10 Å². The number of aliphatic hydroxyl groups excluding tert-OH is 1. The number of aromatic nitrogens is 2. The van der Waals surface area contributed by atoms with Gasteiger partial charge in [0.2, 0.25) is 5.13 Å². The molecule has 9 heteroatoms. The van der Waals surface area contributed by atoms with E-state index in [1.165, 1.54) is 12.1 Å². The van der Waals surface area contributed by atoms with Gasteiger partial charge in [-0.2, -0.15) is 13.2 Å². The molecule has 0 saturated carbocycles. The number of hydrogen-bond acceptors (Lipinski definition) is 6. The van der Waals surface area contributed by atoms with Crippen LogP contribution in [0.3, 0.4) is 0 Å². The van der Waals surface area contributed by atoms with Gasteiger partial charge >= 0.3 is 6.18 Å². The van der Waals surface area contributed by atoms with E-state index < -0.39 is 18.8 Å². The number of anilines is 1. The lowest BCUT2D eigenvalue weighted by atomic mass is 10.2. The fraction of sp³-hybridized carbons (Fsp3) is 0.273. The maximum atomic E-state index is 12.1. The summed E-state index contributed by atoms with van der Waals surface area (Å²) in [4.78, 5) is 0. The fourth-order valence-corrected chi connectivity index (χ4v) is 2.07. The van der Waals surface area contributed by atoms with Crippen LogP contribution in [-0.2, 0) is 0 Å². The summed E-state index contributed by atoms with van der Waals surface area (Å²) >= 11 is 1.05. The third-order valence-electron chi connectivity index (χ3n) is 2.36. The molecule has 3 N–H and O–H groups in total. The van der Waals surface area contributed by atoms with Crippen molar-refractivity contribution in [1.29, 1.82) is 0 Å².